The van der Waals surface area contributed by atoms with Gasteiger partial charge in [0.15, 0.2) is 0 Å². The fourth-order valence-electron chi connectivity index (χ4n) is 0.748. The van der Waals surface area contributed by atoms with Gasteiger partial charge in [-0.3, -0.25) is 0 Å². The summed E-state index contributed by atoms with van der Waals surface area (Å²) >= 11 is 0. The minimum atomic E-state index is -1.54. The van der Waals surface area contributed by atoms with Crippen LogP contribution in [0.2, 0.25) is 19.6 Å². The molecule has 0 aromatic rings. The smallest absolute Gasteiger partial charge is 0.282 e. The van der Waals surface area contributed by atoms with Crippen LogP contribution in [0.15, 0.2) is 12.1 Å². The van der Waals surface area contributed by atoms with E-state index in [9.17, 15) is 0 Å². The second kappa shape index (κ2) is 5.17. The van der Waals surface area contributed by atoms with Crippen molar-refractivity contribution in [2.75, 3.05) is 20.7 Å². The van der Waals surface area contributed by atoms with Crippen molar-refractivity contribution in [1.82, 2.24) is 4.90 Å². The van der Waals surface area contributed by atoms with Crippen molar-refractivity contribution in [3.63, 3.8) is 0 Å². The molecule has 13 heavy (non-hydrogen) atoms. The highest BCUT2D eigenvalue weighted by Crippen LogP contribution is 2.11. The summed E-state index contributed by atoms with van der Waals surface area (Å²) in [7, 11) is 2.36. The third-order valence-corrected chi connectivity index (χ3v) is 1.87. The standard InChI is InChI=1S/C9H21NO2Si/c1-7-11-9(8-10(2)3)12-13(4,5)6/h8H,7H2,1-6H3. The van der Waals surface area contributed by atoms with Crippen LogP contribution < -0.4 is 0 Å². The first-order valence-corrected chi connectivity index (χ1v) is 7.96. The van der Waals surface area contributed by atoms with Crippen LogP contribution in [0.1, 0.15) is 6.92 Å². The molecule has 0 aromatic heterocycles. The number of hydrogen-bond acceptors (Lipinski definition) is 3. The number of ether oxygens (including phenoxy) is 1. The second-order valence-electron chi connectivity index (χ2n) is 4.06. The van der Waals surface area contributed by atoms with Gasteiger partial charge in [-0.2, -0.15) is 0 Å². The minimum absolute atomic E-state index is 0.631. The quantitative estimate of drug-likeness (QED) is 0.505. The summed E-state index contributed by atoms with van der Waals surface area (Å²) in [6, 6.07) is 0. The predicted molar refractivity (Wildman–Crippen MR) is 57.8 cm³/mol. The Labute approximate surface area is 82.5 Å². The van der Waals surface area contributed by atoms with E-state index in [1.54, 1.807) is 0 Å². The van der Waals surface area contributed by atoms with Gasteiger partial charge in [0, 0.05) is 14.1 Å². The maximum Gasteiger partial charge on any atom is 0.282 e. The van der Waals surface area contributed by atoms with Gasteiger partial charge in [-0.15, -0.1) is 0 Å². The van der Waals surface area contributed by atoms with Crippen molar-refractivity contribution < 1.29 is 9.16 Å². The SMILES string of the molecule is CCOC(=CN(C)C)O[Si](C)(C)C. The molecule has 3 nitrogen and oxygen atoms in total. The molecule has 0 aliphatic heterocycles. The fourth-order valence-corrected chi connectivity index (χ4v) is 1.46. The van der Waals surface area contributed by atoms with E-state index in [0.29, 0.717) is 12.6 Å². The molecule has 0 saturated carbocycles. The van der Waals surface area contributed by atoms with E-state index >= 15 is 0 Å². The van der Waals surface area contributed by atoms with Crippen LogP contribution in [-0.4, -0.2) is 33.9 Å². The third-order valence-electron chi connectivity index (χ3n) is 1.06. The van der Waals surface area contributed by atoms with Crippen molar-refractivity contribution in [2.45, 2.75) is 26.6 Å². The molecule has 0 aromatic carbocycles. The van der Waals surface area contributed by atoms with Gasteiger partial charge in [0.2, 0.25) is 8.32 Å². The minimum Gasteiger partial charge on any atom is -0.519 e. The zero-order valence-corrected chi connectivity index (χ0v) is 10.5. The number of hydrogen-bond donors (Lipinski definition) is 0. The lowest BCUT2D eigenvalue weighted by atomic mass is 10.7. The Morgan fingerprint density at radius 2 is 1.85 bits per heavy atom. The van der Waals surface area contributed by atoms with Crippen LogP contribution in [0.3, 0.4) is 0 Å². The monoisotopic (exact) mass is 203 g/mol. The maximum atomic E-state index is 5.73. The lowest BCUT2D eigenvalue weighted by Crippen LogP contribution is -2.26. The molecule has 0 saturated heterocycles. The molecule has 0 bridgehead atoms. The Morgan fingerprint density at radius 3 is 2.15 bits per heavy atom. The van der Waals surface area contributed by atoms with E-state index in [0.717, 1.165) is 0 Å². The number of rotatable bonds is 5. The maximum absolute atomic E-state index is 5.73. The van der Waals surface area contributed by atoms with Crippen LogP contribution >= 0.6 is 0 Å². The van der Waals surface area contributed by atoms with Gasteiger partial charge in [-0.25, -0.2) is 0 Å². The van der Waals surface area contributed by atoms with Crippen molar-refractivity contribution in [1.29, 1.82) is 0 Å². The molecule has 0 amide bonds. The van der Waals surface area contributed by atoms with Gasteiger partial charge in [-0.1, -0.05) is 0 Å². The van der Waals surface area contributed by atoms with Crippen molar-refractivity contribution >= 4 is 8.32 Å². The van der Waals surface area contributed by atoms with E-state index in [1.165, 1.54) is 0 Å². The predicted octanol–water partition coefficient (Wildman–Crippen LogP) is 2.23. The summed E-state index contributed by atoms with van der Waals surface area (Å²) in [4.78, 5) is 1.92. The van der Waals surface area contributed by atoms with E-state index in [1.807, 2.05) is 32.1 Å². The van der Waals surface area contributed by atoms with E-state index in [4.69, 9.17) is 9.16 Å². The summed E-state index contributed by atoms with van der Waals surface area (Å²) in [5, 5.41) is 0. The Hall–Kier alpha value is -0.643. The van der Waals surface area contributed by atoms with Crippen molar-refractivity contribution in [2.24, 2.45) is 0 Å². The molecule has 0 radical (unpaired) electrons. The Balaban J connectivity index is 4.26. The molecule has 0 unspecified atom stereocenters. The zero-order chi connectivity index (χ0) is 10.5. The van der Waals surface area contributed by atoms with E-state index in [-0.39, 0.29) is 0 Å². The van der Waals surface area contributed by atoms with Crippen LogP contribution in [-0.2, 0) is 9.16 Å². The Kier molecular flexibility index (Phi) is 4.91. The molecule has 4 heteroatoms. The average molecular weight is 203 g/mol. The molecule has 0 spiro atoms. The molecule has 0 fully saturated rings. The van der Waals surface area contributed by atoms with Crippen LogP contribution in [0.5, 0.6) is 0 Å². The average Bonchev–Trinajstić information content (AvgIpc) is 1.81. The molecule has 0 aliphatic rings. The van der Waals surface area contributed by atoms with E-state index in [2.05, 4.69) is 19.6 Å². The first-order valence-electron chi connectivity index (χ1n) is 4.55. The highest BCUT2D eigenvalue weighted by Gasteiger charge is 2.18. The fraction of sp³-hybridized carbons (Fsp3) is 0.778. The molecule has 0 atom stereocenters. The summed E-state index contributed by atoms with van der Waals surface area (Å²) < 4.78 is 11.1. The molecular weight excluding hydrogens is 182 g/mol. The van der Waals surface area contributed by atoms with Crippen molar-refractivity contribution in [3.05, 3.63) is 12.1 Å². The third kappa shape index (κ3) is 7.71. The first kappa shape index (κ1) is 12.4. The molecule has 0 N–H and O–H groups in total. The normalized spacial score (nSPS) is 12.6. The van der Waals surface area contributed by atoms with Crippen LogP contribution in [0.25, 0.3) is 0 Å². The molecule has 0 heterocycles. The summed E-state index contributed by atoms with van der Waals surface area (Å²) in [5.74, 6) is 0.631. The highest BCUT2D eigenvalue weighted by molar-refractivity contribution is 6.69. The van der Waals surface area contributed by atoms with Gasteiger partial charge < -0.3 is 14.1 Å². The summed E-state index contributed by atoms with van der Waals surface area (Å²) in [5.41, 5.74) is 0. The summed E-state index contributed by atoms with van der Waals surface area (Å²) in [6.45, 7) is 9.00. The largest absolute Gasteiger partial charge is 0.519 e. The Bertz CT molecular complexity index is 173. The lowest BCUT2D eigenvalue weighted by molar-refractivity contribution is 0.106. The molecule has 78 valence electrons. The molecule has 0 rings (SSSR count). The first-order chi connectivity index (χ1) is 5.85. The molecular formula is C9H21NO2Si. The van der Waals surface area contributed by atoms with E-state index < -0.39 is 8.32 Å². The van der Waals surface area contributed by atoms with Gasteiger partial charge in [0.25, 0.3) is 5.95 Å². The van der Waals surface area contributed by atoms with Gasteiger partial charge in [-0.05, 0) is 26.6 Å². The lowest BCUT2D eigenvalue weighted by Gasteiger charge is -2.22. The summed E-state index contributed by atoms with van der Waals surface area (Å²) in [6.07, 6.45) is 1.86. The Morgan fingerprint density at radius 1 is 1.31 bits per heavy atom. The van der Waals surface area contributed by atoms with Crippen LogP contribution in [0.4, 0.5) is 0 Å². The number of nitrogens with zero attached hydrogens (tertiary/aromatic N) is 1. The molecule has 0 aliphatic carbocycles. The van der Waals surface area contributed by atoms with Crippen molar-refractivity contribution in [3.8, 4) is 0 Å². The zero-order valence-electron chi connectivity index (χ0n) is 9.55. The second-order valence-corrected chi connectivity index (χ2v) is 8.49. The van der Waals surface area contributed by atoms with Crippen LogP contribution in [0, 0.1) is 0 Å². The van der Waals surface area contributed by atoms with Gasteiger partial charge in [0.05, 0.1) is 12.8 Å². The van der Waals surface area contributed by atoms with Gasteiger partial charge in [0.1, 0.15) is 0 Å². The van der Waals surface area contributed by atoms with Gasteiger partial charge >= 0.3 is 0 Å². The highest BCUT2D eigenvalue weighted by atomic mass is 28.4. The topological polar surface area (TPSA) is 21.7 Å².